The maximum atomic E-state index is 8.84. The highest BCUT2D eigenvalue weighted by Gasteiger charge is 2.16. The zero-order valence-corrected chi connectivity index (χ0v) is 10.4. The number of methoxy groups -OCH3 is 1. The molecule has 3 nitrogen and oxygen atoms in total. The van der Waals surface area contributed by atoms with E-state index in [4.69, 9.17) is 9.94 Å². The monoisotopic (exact) mass is 235 g/mol. The molecule has 0 amide bonds. The van der Waals surface area contributed by atoms with Crippen molar-refractivity contribution >= 4 is 0 Å². The van der Waals surface area contributed by atoms with Crippen molar-refractivity contribution < 1.29 is 9.94 Å². The highest BCUT2D eigenvalue weighted by Crippen LogP contribution is 2.34. The van der Waals surface area contributed by atoms with Gasteiger partial charge < -0.3 is 9.94 Å². The Balaban J connectivity index is 2.19. The molecule has 1 fully saturated rings. The third-order valence-electron chi connectivity index (χ3n) is 3.65. The SMILES string of the molecule is COc1ccc(C2CCCCC2)cc1CNO. The van der Waals surface area contributed by atoms with Gasteiger partial charge >= 0.3 is 0 Å². The Morgan fingerprint density at radius 3 is 2.71 bits per heavy atom. The molecule has 1 saturated carbocycles. The lowest BCUT2D eigenvalue weighted by atomic mass is 9.83. The Morgan fingerprint density at radius 2 is 2.06 bits per heavy atom. The quantitative estimate of drug-likeness (QED) is 0.787. The van der Waals surface area contributed by atoms with Crippen LogP contribution in [0.5, 0.6) is 5.75 Å². The molecule has 1 aliphatic rings. The summed E-state index contributed by atoms with van der Waals surface area (Å²) in [5.74, 6) is 1.53. The minimum absolute atomic E-state index is 0.434. The molecule has 2 N–H and O–H groups in total. The molecule has 17 heavy (non-hydrogen) atoms. The lowest BCUT2D eigenvalue weighted by molar-refractivity contribution is 0.160. The van der Waals surface area contributed by atoms with Crippen molar-refractivity contribution in [2.75, 3.05) is 7.11 Å². The largest absolute Gasteiger partial charge is 0.496 e. The van der Waals surface area contributed by atoms with Gasteiger partial charge in [0.1, 0.15) is 5.75 Å². The summed E-state index contributed by atoms with van der Waals surface area (Å²) in [5.41, 5.74) is 4.62. The first-order valence-electron chi connectivity index (χ1n) is 6.39. The van der Waals surface area contributed by atoms with Gasteiger partial charge in [0.15, 0.2) is 0 Å². The van der Waals surface area contributed by atoms with Crippen molar-refractivity contribution in [1.82, 2.24) is 5.48 Å². The third kappa shape index (κ3) is 2.99. The van der Waals surface area contributed by atoms with Crippen molar-refractivity contribution in [1.29, 1.82) is 0 Å². The molecule has 0 radical (unpaired) electrons. The van der Waals surface area contributed by atoms with Gasteiger partial charge in [0.2, 0.25) is 0 Å². The average molecular weight is 235 g/mol. The van der Waals surface area contributed by atoms with Crippen molar-refractivity contribution in [3.05, 3.63) is 29.3 Å². The summed E-state index contributed by atoms with van der Waals surface area (Å²) in [6.45, 7) is 0.434. The predicted octanol–water partition coefficient (Wildman–Crippen LogP) is 3.22. The molecule has 0 aliphatic heterocycles. The van der Waals surface area contributed by atoms with Gasteiger partial charge in [-0.1, -0.05) is 31.4 Å². The number of benzene rings is 1. The van der Waals surface area contributed by atoms with Gasteiger partial charge in [-0.2, -0.15) is 0 Å². The Morgan fingerprint density at radius 1 is 1.29 bits per heavy atom. The fraction of sp³-hybridized carbons (Fsp3) is 0.571. The maximum Gasteiger partial charge on any atom is 0.123 e. The van der Waals surface area contributed by atoms with E-state index in [9.17, 15) is 0 Å². The molecule has 0 saturated heterocycles. The van der Waals surface area contributed by atoms with Crippen molar-refractivity contribution in [2.24, 2.45) is 0 Å². The standard InChI is InChI=1S/C14H21NO2/c1-17-14-8-7-12(9-13(14)10-15-16)11-5-3-2-4-6-11/h7-9,11,15-16H,2-6,10H2,1H3. The second-order valence-corrected chi connectivity index (χ2v) is 4.74. The second-order valence-electron chi connectivity index (χ2n) is 4.74. The zero-order chi connectivity index (χ0) is 12.1. The number of hydrogen-bond donors (Lipinski definition) is 2. The first-order valence-corrected chi connectivity index (χ1v) is 6.39. The minimum Gasteiger partial charge on any atom is -0.496 e. The number of ether oxygens (including phenoxy) is 1. The molecule has 0 heterocycles. The van der Waals surface area contributed by atoms with Gasteiger partial charge in [-0.25, -0.2) is 5.48 Å². The molecule has 3 heteroatoms. The number of nitrogens with one attached hydrogen (secondary N) is 1. The highest BCUT2D eigenvalue weighted by atomic mass is 16.5. The number of rotatable bonds is 4. The van der Waals surface area contributed by atoms with E-state index in [-0.39, 0.29) is 0 Å². The molecule has 1 aromatic carbocycles. The van der Waals surface area contributed by atoms with Gasteiger partial charge in [0.25, 0.3) is 0 Å². The molecule has 0 spiro atoms. The Hall–Kier alpha value is -1.06. The molecular formula is C14H21NO2. The molecule has 0 aromatic heterocycles. The van der Waals surface area contributed by atoms with Gasteiger partial charge in [-0.3, -0.25) is 0 Å². The van der Waals surface area contributed by atoms with E-state index in [0.29, 0.717) is 12.5 Å². The van der Waals surface area contributed by atoms with Gasteiger partial charge in [-0.05, 0) is 30.4 Å². The van der Waals surface area contributed by atoms with Crippen LogP contribution in [0.3, 0.4) is 0 Å². The number of hydrogen-bond acceptors (Lipinski definition) is 3. The molecule has 2 rings (SSSR count). The average Bonchev–Trinajstić information content (AvgIpc) is 2.40. The van der Waals surface area contributed by atoms with Gasteiger partial charge in [0.05, 0.1) is 7.11 Å². The van der Waals surface area contributed by atoms with Crippen LogP contribution in [-0.2, 0) is 6.54 Å². The van der Waals surface area contributed by atoms with Crippen LogP contribution in [-0.4, -0.2) is 12.3 Å². The Bertz CT molecular complexity index is 359. The molecular weight excluding hydrogens is 214 g/mol. The van der Waals surface area contributed by atoms with Crippen LogP contribution < -0.4 is 10.2 Å². The first kappa shape index (κ1) is 12.4. The fourth-order valence-corrected chi connectivity index (χ4v) is 2.71. The third-order valence-corrected chi connectivity index (χ3v) is 3.65. The van der Waals surface area contributed by atoms with Crippen molar-refractivity contribution in [3.8, 4) is 5.75 Å². The molecule has 94 valence electrons. The van der Waals surface area contributed by atoms with E-state index in [0.717, 1.165) is 11.3 Å². The van der Waals surface area contributed by atoms with Gasteiger partial charge in [-0.15, -0.1) is 0 Å². The molecule has 1 aromatic rings. The van der Waals surface area contributed by atoms with Crippen molar-refractivity contribution in [2.45, 2.75) is 44.6 Å². The normalized spacial score (nSPS) is 17.1. The van der Waals surface area contributed by atoms with E-state index >= 15 is 0 Å². The van der Waals surface area contributed by atoms with Crippen LogP contribution in [0.15, 0.2) is 18.2 Å². The maximum absolute atomic E-state index is 8.84. The van der Waals surface area contributed by atoms with Crippen LogP contribution in [0.25, 0.3) is 0 Å². The fourth-order valence-electron chi connectivity index (χ4n) is 2.71. The van der Waals surface area contributed by atoms with Gasteiger partial charge in [0, 0.05) is 12.1 Å². The topological polar surface area (TPSA) is 41.5 Å². The first-order chi connectivity index (χ1) is 8.35. The Kier molecular flexibility index (Phi) is 4.40. The van der Waals surface area contributed by atoms with E-state index in [1.807, 2.05) is 6.07 Å². The van der Waals surface area contributed by atoms with E-state index < -0.39 is 0 Å². The van der Waals surface area contributed by atoms with Crippen molar-refractivity contribution in [3.63, 3.8) is 0 Å². The van der Waals surface area contributed by atoms with E-state index in [2.05, 4.69) is 17.6 Å². The summed E-state index contributed by atoms with van der Waals surface area (Å²) < 4.78 is 5.29. The van der Waals surface area contributed by atoms with E-state index in [1.54, 1.807) is 7.11 Å². The van der Waals surface area contributed by atoms with Crippen LogP contribution in [0, 0.1) is 0 Å². The lowest BCUT2D eigenvalue weighted by Crippen LogP contribution is -2.10. The summed E-state index contributed by atoms with van der Waals surface area (Å²) in [6.07, 6.45) is 6.63. The van der Waals surface area contributed by atoms with Crippen LogP contribution >= 0.6 is 0 Å². The van der Waals surface area contributed by atoms with Crippen LogP contribution in [0.4, 0.5) is 0 Å². The molecule has 0 unspecified atom stereocenters. The predicted molar refractivity (Wildman–Crippen MR) is 67.4 cm³/mol. The summed E-state index contributed by atoms with van der Waals surface area (Å²) in [4.78, 5) is 0. The Labute approximate surface area is 103 Å². The zero-order valence-electron chi connectivity index (χ0n) is 10.4. The smallest absolute Gasteiger partial charge is 0.123 e. The summed E-state index contributed by atoms with van der Waals surface area (Å²) in [7, 11) is 1.66. The summed E-state index contributed by atoms with van der Waals surface area (Å²) in [6, 6.07) is 6.34. The summed E-state index contributed by atoms with van der Waals surface area (Å²) in [5, 5.41) is 8.84. The highest BCUT2D eigenvalue weighted by molar-refractivity contribution is 5.38. The molecule has 0 bridgehead atoms. The summed E-state index contributed by atoms with van der Waals surface area (Å²) >= 11 is 0. The van der Waals surface area contributed by atoms with E-state index in [1.165, 1.54) is 37.7 Å². The lowest BCUT2D eigenvalue weighted by Gasteiger charge is -2.23. The minimum atomic E-state index is 0.434. The number of hydroxylamine groups is 1. The molecule has 0 atom stereocenters. The van der Waals surface area contributed by atoms with Crippen LogP contribution in [0.2, 0.25) is 0 Å². The van der Waals surface area contributed by atoms with Crippen LogP contribution in [0.1, 0.15) is 49.1 Å². The second kappa shape index (κ2) is 6.03. The molecule has 1 aliphatic carbocycles.